The molecule has 0 saturated heterocycles. The average Bonchev–Trinajstić information content (AvgIpc) is 2.74. The van der Waals surface area contributed by atoms with Crippen molar-refractivity contribution < 1.29 is 4.74 Å². The second-order valence-electron chi connectivity index (χ2n) is 4.36. The lowest BCUT2D eigenvalue weighted by atomic mass is 10.1. The first-order valence-electron chi connectivity index (χ1n) is 5.94. The van der Waals surface area contributed by atoms with Crippen molar-refractivity contribution in [2.75, 3.05) is 25.6 Å². The van der Waals surface area contributed by atoms with Gasteiger partial charge in [0.05, 0.1) is 12.6 Å². The van der Waals surface area contributed by atoms with Gasteiger partial charge < -0.3 is 14.6 Å². The molecule has 1 rings (SSSR count). The molecule has 0 spiro atoms. The summed E-state index contributed by atoms with van der Waals surface area (Å²) in [6, 6.07) is 0.312. The van der Waals surface area contributed by atoms with Gasteiger partial charge in [-0.3, -0.25) is 0 Å². The van der Waals surface area contributed by atoms with E-state index in [2.05, 4.69) is 35.6 Å². The van der Waals surface area contributed by atoms with Crippen molar-refractivity contribution in [3.63, 3.8) is 0 Å². The summed E-state index contributed by atoms with van der Waals surface area (Å²) in [7, 11) is 1.72. The summed E-state index contributed by atoms with van der Waals surface area (Å²) in [5.74, 6) is 1.60. The predicted molar refractivity (Wildman–Crippen MR) is 66.8 cm³/mol. The molecule has 1 aromatic heterocycles. The van der Waals surface area contributed by atoms with Crippen LogP contribution in [0, 0.1) is 5.92 Å². The zero-order chi connectivity index (χ0) is 12.0. The number of aromatic nitrogens is 2. The van der Waals surface area contributed by atoms with E-state index in [1.807, 2.05) is 12.4 Å². The summed E-state index contributed by atoms with van der Waals surface area (Å²) in [6.07, 6.45) is 5.00. The van der Waals surface area contributed by atoms with E-state index < -0.39 is 0 Å². The molecule has 2 unspecified atom stereocenters. The van der Waals surface area contributed by atoms with Crippen LogP contribution >= 0.6 is 0 Å². The normalized spacial score (nSPS) is 14.8. The Balaban J connectivity index is 2.56. The number of imidazole rings is 1. The molecule has 4 heteroatoms. The van der Waals surface area contributed by atoms with E-state index in [0.29, 0.717) is 18.6 Å². The maximum absolute atomic E-state index is 5.15. The third-order valence-corrected chi connectivity index (χ3v) is 2.86. The van der Waals surface area contributed by atoms with Crippen LogP contribution < -0.4 is 5.32 Å². The fourth-order valence-electron chi connectivity index (χ4n) is 1.54. The molecule has 0 amide bonds. The lowest BCUT2D eigenvalue weighted by molar-refractivity contribution is 0.163. The molecule has 16 heavy (non-hydrogen) atoms. The average molecular weight is 225 g/mol. The molecule has 0 aliphatic heterocycles. The minimum absolute atomic E-state index is 0.312. The molecule has 1 aromatic rings. The smallest absolute Gasteiger partial charge is 0.203 e. The summed E-state index contributed by atoms with van der Waals surface area (Å²) in [5.41, 5.74) is 0. The monoisotopic (exact) mass is 225 g/mol. The third kappa shape index (κ3) is 3.52. The molecule has 1 heterocycles. The van der Waals surface area contributed by atoms with Gasteiger partial charge in [0.2, 0.25) is 5.95 Å². The van der Waals surface area contributed by atoms with Gasteiger partial charge in [0.15, 0.2) is 0 Å². The van der Waals surface area contributed by atoms with Gasteiger partial charge in [-0.05, 0) is 12.8 Å². The number of rotatable bonds is 7. The van der Waals surface area contributed by atoms with Crippen molar-refractivity contribution in [2.24, 2.45) is 5.92 Å². The van der Waals surface area contributed by atoms with Crippen molar-refractivity contribution in [3.05, 3.63) is 12.4 Å². The Morgan fingerprint density at radius 3 is 2.88 bits per heavy atom. The second-order valence-corrected chi connectivity index (χ2v) is 4.36. The predicted octanol–water partition coefficient (Wildman–Crippen LogP) is 2.55. The highest BCUT2D eigenvalue weighted by atomic mass is 16.5. The summed E-state index contributed by atoms with van der Waals surface area (Å²) in [6.45, 7) is 8.23. The molecule has 0 aromatic carbocycles. The zero-order valence-electron chi connectivity index (χ0n) is 10.7. The van der Waals surface area contributed by atoms with Crippen LogP contribution in [0.25, 0.3) is 0 Å². The van der Waals surface area contributed by atoms with Crippen molar-refractivity contribution in [1.82, 2.24) is 9.55 Å². The highest BCUT2D eigenvalue weighted by molar-refractivity contribution is 5.26. The largest absolute Gasteiger partial charge is 0.383 e. The third-order valence-electron chi connectivity index (χ3n) is 2.86. The fourth-order valence-corrected chi connectivity index (χ4v) is 1.54. The standard InChI is InChI=1S/C12H23N3O/c1-5-10(2)8-14-12-13-6-7-15(12)11(3)9-16-4/h6-7,10-11H,5,8-9H2,1-4H3,(H,13,14). The minimum Gasteiger partial charge on any atom is -0.383 e. The Morgan fingerprint density at radius 1 is 1.50 bits per heavy atom. The van der Waals surface area contributed by atoms with Crippen LogP contribution in [0.4, 0.5) is 5.95 Å². The summed E-state index contributed by atoms with van der Waals surface area (Å²) >= 11 is 0. The van der Waals surface area contributed by atoms with Crippen LogP contribution in [-0.4, -0.2) is 29.8 Å². The highest BCUT2D eigenvalue weighted by Gasteiger charge is 2.09. The van der Waals surface area contributed by atoms with Crippen LogP contribution in [0.15, 0.2) is 12.4 Å². The van der Waals surface area contributed by atoms with Crippen LogP contribution in [-0.2, 0) is 4.74 Å². The van der Waals surface area contributed by atoms with E-state index in [1.54, 1.807) is 7.11 Å². The molecule has 4 nitrogen and oxygen atoms in total. The topological polar surface area (TPSA) is 39.1 Å². The molecule has 92 valence electrons. The Kier molecular flexibility index (Phi) is 5.32. The van der Waals surface area contributed by atoms with Crippen molar-refractivity contribution in [3.8, 4) is 0 Å². The minimum atomic E-state index is 0.312. The van der Waals surface area contributed by atoms with Crippen LogP contribution in [0.5, 0.6) is 0 Å². The Bertz CT molecular complexity index is 298. The van der Waals surface area contributed by atoms with Crippen molar-refractivity contribution in [1.29, 1.82) is 0 Å². The molecule has 2 atom stereocenters. The van der Waals surface area contributed by atoms with E-state index in [-0.39, 0.29) is 0 Å². The number of hydrogen-bond acceptors (Lipinski definition) is 3. The SMILES string of the molecule is CCC(C)CNc1nccn1C(C)COC. The van der Waals surface area contributed by atoms with E-state index in [1.165, 1.54) is 6.42 Å². The molecule has 1 N–H and O–H groups in total. The van der Waals surface area contributed by atoms with Gasteiger partial charge in [-0.25, -0.2) is 4.98 Å². The van der Waals surface area contributed by atoms with Gasteiger partial charge >= 0.3 is 0 Å². The number of anilines is 1. The molecule has 0 radical (unpaired) electrons. The lowest BCUT2D eigenvalue weighted by Gasteiger charge is -2.17. The molecule has 0 fully saturated rings. The Morgan fingerprint density at radius 2 is 2.25 bits per heavy atom. The van der Waals surface area contributed by atoms with E-state index >= 15 is 0 Å². The molecule has 0 aliphatic carbocycles. The highest BCUT2D eigenvalue weighted by Crippen LogP contribution is 2.14. The number of hydrogen-bond donors (Lipinski definition) is 1. The quantitative estimate of drug-likeness (QED) is 0.775. The summed E-state index contributed by atoms with van der Waals surface area (Å²) in [5, 5.41) is 3.38. The van der Waals surface area contributed by atoms with E-state index in [0.717, 1.165) is 12.5 Å². The number of nitrogens with one attached hydrogen (secondary N) is 1. The second kappa shape index (κ2) is 6.53. The van der Waals surface area contributed by atoms with Gasteiger partial charge in [-0.1, -0.05) is 20.3 Å². The Hall–Kier alpha value is -1.03. The first-order chi connectivity index (χ1) is 7.69. The van der Waals surface area contributed by atoms with E-state index in [4.69, 9.17) is 4.74 Å². The van der Waals surface area contributed by atoms with E-state index in [9.17, 15) is 0 Å². The van der Waals surface area contributed by atoms with Crippen LogP contribution in [0.1, 0.15) is 33.2 Å². The maximum atomic E-state index is 5.15. The van der Waals surface area contributed by atoms with Crippen LogP contribution in [0.2, 0.25) is 0 Å². The van der Waals surface area contributed by atoms with Crippen molar-refractivity contribution >= 4 is 5.95 Å². The molecule has 0 saturated carbocycles. The van der Waals surface area contributed by atoms with Gasteiger partial charge in [-0.15, -0.1) is 0 Å². The first kappa shape index (κ1) is 13.0. The molecular formula is C12H23N3O. The lowest BCUT2D eigenvalue weighted by Crippen LogP contribution is -2.17. The summed E-state index contributed by atoms with van der Waals surface area (Å²) in [4.78, 5) is 4.32. The molecule has 0 bridgehead atoms. The summed E-state index contributed by atoms with van der Waals surface area (Å²) < 4.78 is 7.27. The van der Waals surface area contributed by atoms with Crippen LogP contribution in [0.3, 0.4) is 0 Å². The van der Waals surface area contributed by atoms with Gasteiger partial charge in [-0.2, -0.15) is 0 Å². The van der Waals surface area contributed by atoms with Gasteiger partial charge in [0, 0.05) is 26.0 Å². The van der Waals surface area contributed by atoms with Gasteiger partial charge in [0.25, 0.3) is 0 Å². The fraction of sp³-hybridized carbons (Fsp3) is 0.750. The number of nitrogens with zero attached hydrogens (tertiary/aromatic N) is 2. The number of ether oxygens (including phenoxy) is 1. The van der Waals surface area contributed by atoms with Crippen molar-refractivity contribution in [2.45, 2.75) is 33.2 Å². The number of methoxy groups -OCH3 is 1. The molecule has 0 aliphatic rings. The molecular weight excluding hydrogens is 202 g/mol. The van der Waals surface area contributed by atoms with Gasteiger partial charge in [0.1, 0.15) is 0 Å². The maximum Gasteiger partial charge on any atom is 0.203 e. The first-order valence-corrected chi connectivity index (χ1v) is 5.94. The Labute approximate surface area is 98.0 Å². The zero-order valence-corrected chi connectivity index (χ0v) is 10.7.